The third kappa shape index (κ3) is 2.71. The number of aromatic nitrogens is 4. The fourth-order valence-electron chi connectivity index (χ4n) is 2.90. The average Bonchev–Trinajstić information content (AvgIpc) is 3.43. The zero-order valence-electron chi connectivity index (χ0n) is 13.1. The number of halogens is 1. The summed E-state index contributed by atoms with van der Waals surface area (Å²) in [5.74, 6) is 1.58. The van der Waals surface area contributed by atoms with Crippen LogP contribution in [0.25, 0.3) is 11.6 Å². The molecule has 0 unspecified atom stereocenters. The summed E-state index contributed by atoms with van der Waals surface area (Å²) < 4.78 is 18.8. The molecule has 2 heterocycles. The molecule has 4 rings (SSSR count). The number of rotatable bonds is 4. The lowest BCUT2D eigenvalue weighted by atomic mass is 10.1. The van der Waals surface area contributed by atoms with E-state index in [4.69, 9.17) is 4.74 Å². The standard InChI is InChI=1S/C18H15FN4O/c1-24-16-4-3-11(7-15(16)19)13-8-14(13)12-9-22-18(23-10-12)17-20-5-2-6-21-17/h2-7,9-10,13-14H,8H2,1H3/t13-,14-/m0/s1. The Morgan fingerprint density at radius 2 is 1.62 bits per heavy atom. The van der Waals surface area contributed by atoms with E-state index in [0.717, 1.165) is 17.5 Å². The number of hydrogen-bond acceptors (Lipinski definition) is 5. The first-order valence-corrected chi connectivity index (χ1v) is 7.69. The van der Waals surface area contributed by atoms with E-state index in [-0.39, 0.29) is 11.6 Å². The van der Waals surface area contributed by atoms with Crippen LogP contribution >= 0.6 is 0 Å². The molecule has 120 valence electrons. The minimum Gasteiger partial charge on any atom is -0.494 e. The second-order valence-corrected chi connectivity index (χ2v) is 5.76. The van der Waals surface area contributed by atoms with Gasteiger partial charge in [-0.15, -0.1) is 0 Å². The Bertz CT molecular complexity index is 855. The van der Waals surface area contributed by atoms with Gasteiger partial charge in [0.05, 0.1) is 7.11 Å². The lowest BCUT2D eigenvalue weighted by Gasteiger charge is -2.05. The summed E-state index contributed by atoms with van der Waals surface area (Å²) in [4.78, 5) is 17.0. The zero-order chi connectivity index (χ0) is 16.5. The summed E-state index contributed by atoms with van der Waals surface area (Å²) in [6, 6.07) is 6.89. The van der Waals surface area contributed by atoms with Gasteiger partial charge in [0.1, 0.15) is 0 Å². The van der Waals surface area contributed by atoms with Crippen LogP contribution < -0.4 is 4.74 Å². The van der Waals surface area contributed by atoms with Gasteiger partial charge in [-0.25, -0.2) is 24.3 Å². The number of nitrogens with zero attached hydrogens (tertiary/aromatic N) is 4. The second-order valence-electron chi connectivity index (χ2n) is 5.76. The Hall–Kier alpha value is -2.89. The molecule has 1 fully saturated rings. The molecule has 3 aromatic rings. The van der Waals surface area contributed by atoms with E-state index in [1.807, 2.05) is 18.5 Å². The minimum atomic E-state index is -0.325. The zero-order valence-corrected chi connectivity index (χ0v) is 13.1. The molecule has 0 bridgehead atoms. The Balaban J connectivity index is 1.51. The van der Waals surface area contributed by atoms with Crippen molar-refractivity contribution in [3.63, 3.8) is 0 Å². The highest BCUT2D eigenvalue weighted by Gasteiger charge is 2.40. The van der Waals surface area contributed by atoms with Crippen molar-refractivity contribution in [3.8, 4) is 17.4 Å². The van der Waals surface area contributed by atoms with E-state index < -0.39 is 0 Å². The van der Waals surface area contributed by atoms with Crippen molar-refractivity contribution in [3.05, 3.63) is 66.0 Å². The molecule has 1 aliphatic rings. The van der Waals surface area contributed by atoms with Gasteiger partial charge in [0.25, 0.3) is 0 Å². The minimum absolute atomic E-state index is 0.270. The maximum Gasteiger partial charge on any atom is 0.197 e. The van der Waals surface area contributed by atoms with Crippen LogP contribution in [0.3, 0.4) is 0 Å². The first-order valence-electron chi connectivity index (χ1n) is 7.69. The summed E-state index contributed by atoms with van der Waals surface area (Å²) in [7, 11) is 1.47. The molecule has 0 radical (unpaired) electrons. The average molecular weight is 322 g/mol. The van der Waals surface area contributed by atoms with E-state index in [2.05, 4.69) is 19.9 Å². The molecular weight excluding hydrogens is 307 g/mol. The summed E-state index contributed by atoms with van der Waals surface area (Å²) in [5, 5.41) is 0. The van der Waals surface area contributed by atoms with Gasteiger partial charge >= 0.3 is 0 Å². The molecule has 6 heteroatoms. The van der Waals surface area contributed by atoms with Crippen LogP contribution in [0.15, 0.2) is 49.1 Å². The Kier molecular flexibility index (Phi) is 3.65. The van der Waals surface area contributed by atoms with Crippen LogP contribution in [-0.2, 0) is 0 Å². The summed E-state index contributed by atoms with van der Waals surface area (Å²) in [5.41, 5.74) is 2.03. The predicted molar refractivity (Wildman–Crippen MR) is 86.1 cm³/mol. The molecule has 2 aromatic heterocycles. The van der Waals surface area contributed by atoms with Gasteiger partial charge in [-0.1, -0.05) is 6.07 Å². The molecule has 0 amide bonds. The van der Waals surface area contributed by atoms with Crippen molar-refractivity contribution in [1.82, 2.24) is 19.9 Å². The molecule has 1 saturated carbocycles. The van der Waals surface area contributed by atoms with Crippen LogP contribution in [0.2, 0.25) is 0 Å². The van der Waals surface area contributed by atoms with Gasteiger partial charge < -0.3 is 4.74 Å². The molecule has 0 aliphatic heterocycles. The summed E-state index contributed by atoms with van der Waals surface area (Å²) >= 11 is 0. The predicted octanol–water partition coefficient (Wildman–Crippen LogP) is 3.35. The summed E-state index contributed by atoms with van der Waals surface area (Å²) in [6.45, 7) is 0. The van der Waals surface area contributed by atoms with Crippen LogP contribution in [0, 0.1) is 5.82 Å². The molecule has 1 aromatic carbocycles. The van der Waals surface area contributed by atoms with Crippen molar-refractivity contribution < 1.29 is 9.13 Å². The largest absolute Gasteiger partial charge is 0.494 e. The normalized spacial score (nSPS) is 19.1. The van der Waals surface area contributed by atoms with E-state index in [1.165, 1.54) is 7.11 Å². The fraction of sp³-hybridized carbons (Fsp3) is 0.222. The van der Waals surface area contributed by atoms with Gasteiger partial charge in [0, 0.05) is 24.8 Å². The first kappa shape index (κ1) is 14.7. The smallest absolute Gasteiger partial charge is 0.197 e. The van der Waals surface area contributed by atoms with Gasteiger partial charge in [-0.05, 0) is 47.6 Å². The highest BCUT2D eigenvalue weighted by atomic mass is 19.1. The Morgan fingerprint density at radius 1 is 0.958 bits per heavy atom. The van der Waals surface area contributed by atoms with Gasteiger partial charge in [-0.3, -0.25) is 0 Å². The molecule has 1 aliphatic carbocycles. The maximum absolute atomic E-state index is 13.8. The molecule has 0 spiro atoms. The van der Waals surface area contributed by atoms with Crippen molar-refractivity contribution in [1.29, 1.82) is 0 Å². The third-order valence-electron chi connectivity index (χ3n) is 4.26. The second kappa shape index (κ2) is 5.96. The monoisotopic (exact) mass is 322 g/mol. The number of methoxy groups -OCH3 is 1. The van der Waals surface area contributed by atoms with Gasteiger partial charge in [0.2, 0.25) is 0 Å². The Labute approximate surface area is 138 Å². The van der Waals surface area contributed by atoms with Crippen LogP contribution in [0.4, 0.5) is 4.39 Å². The van der Waals surface area contributed by atoms with Gasteiger partial charge in [-0.2, -0.15) is 0 Å². The van der Waals surface area contributed by atoms with Crippen molar-refractivity contribution >= 4 is 0 Å². The van der Waals surface area contributed by atoms with Crippen molar-refractivity contribution in [2.75, 3.05) is 7.11 Å². The van der Waals surface area contributed by atoms with E-state index >= 15 is 0 Å². The van der Waals surface area contributed by atoms with Crippen LogP contribution in [0.5, 0.6) is 5.75 Å². The van der Waals surface area contributed by atoms with E-state index in [1.54, 1.807) is 30.6 Å². The molecular formula is C18H15FN4O. The highest BCUT2D eigenvalue weighted by Crippen LogP contribution is 2.54. The number of benzene rings is 1. The van der Waals surface area contributed by atoms with E-state index in [9.17, 15) is 4.39 Å². The lowest BCUT2D eigenvalue weighted by molar-refractivity contribution is 0.386. The van der Waals surface area contributed by atoms with E-state index in [0.29, 0.717) is 23.5 Å². The fourth-order valence-corrected chi connectivity index (χ4v) is 2.90. The molecule has 0 N–H and O–H groups in total. The molecule has 0 saturated heterocycles. The van der Waals surface area contributed by atoms with Gasteiger partial charge in [0.15, 0.2) is 23.2 Å². The Morgan fingerprint density at radius 3 is 2.29 bits per heavy atom. The quantitative estimate of drug-likeness (QED) is 0.737. The number of hydrogen-bond donors (Lipinski definition) is 0. The number of ether oxygens (including phenoxy) is 1. The molecule has 2 atom stereocenters. The third-order valence-corrected chi connectivity index (χ3v) is 4.26. The molecule has 24 heavy (non-hydrogen) atoms. The van der Waals surface area contributed by atoms with Crippen LogP contribution in [0.1, 0.15) is 29.4 Å². The first-order chi connectivity index (χ1) is 11.8. The van der Waals surface area contributed by atoms with Crippen LogP contribution in [-0.4, -0.2) is 27.0 Å². The maximum atomic E-state index is 13.8. The van der Waals surface area contributed by atoms with Crippen molar-refractivity contribution in [2.45, 2.75) is 18.3 Å². The lowest BCUT2D eigenvalue weighted by Crippen LogP contribution is -1.96. The topological polar surface area (TPSA) is 60.8 Å². The van der Waals surface area contributed by atoms with Crippen molar-refractivity contribution in [2.24, 2.45) is 0 Å². The summed E-state index contributed by atoms with van der Waals surface area (Å²) in [6.07, 6.45) is 7.91. The SMILES string of the molecule is COc1ccc([C@@H]2C[C@H]2c2cnc(-c3ncccn3)nc2)cc1F. The molecule has 5 nitrogen and oxygen atoms in total. The highest BCUT2D eigenvalue weighted by molar-refractivity contribution is 5.43.